The molecule has 174 valence electrons. The summed E-state index contributed by atoms with van der Waals surface area (Å²) in [6, 6.07) is 14.0. The van der Waals surface area contributed by atoms with E-state index in [9.17, 15) is 24.8 Å². The minimum absolute atomic E-state index is 0.0691. The summed E-state index contributed by atoms with van der Waals surface area (Å²) in [6.07, 6.45) is 1.19. The fourth-order valence-electron chi connectivity index (χ4n) is 4.51. The normalized spacial score (nSPS) is 18.3. The monoisotopic (exact) mass is 452 g/mol. The third-order valence-electron chi connectivity index (χ3n) is 6.57. The third-order valence-corrected chi connectivity index (χ3v) is 6.57. The van der Waals surface area contributed by atoms with Gasteiger partial charge in [0.1, 0.15) is 0 Å². The van der Waals surface area contributed by atoms with Crippen molar-refractivity contribution in [1.82, 2.24) is 9.80 Å². The second-order valence-electron chi connectivity index (χ2n) is 8.95. The molecule has 2 aromatic carbocycles. The number of carbonyl (C=O) groups excluding carboxylic acids is 2. The van der Waals surface area contributed by atoms with Crippen LogP contribution in [0.2, 0.25) is 0 Å². The summed E-state index contributed by atoms with van der Waals surface area (Å²) in [5.74, 6) is -0.0886. The number of anilines is 1. The maximum absolute atomic E-state index is 12.9. The summed E-state index contributed by atoms with van der Waals surface area (Å²) in [7, 11) is 0. The van der Waals surface area contributed by atoms with Gasteiger partial charge in [-0.1, -0.05) is 37.3 Å². The largest absolute Gasteiger partial charge is 0.388 e. The van der Waals surface area contributed by atoms with Gasteiger partial charge >= 0.3 is 0 Å². The van der Waals surface area contributed by atoms with Gasteiger partial charge < -0.3 is 20.2 Å². The van der Waals surface area contributed by atoms with Crippen molar-refractivity contribution in [3.63, 3.8) is 0 Å². The van der Waals surface area contributed by atoms with Gasteiger partial charge in [-0.05, 0) is 30.4 Å². The summed E-state index contributed by atoms with van der Waals surface area (Å²) in [4.78, 5) is 39.4. The number of likely N-dealkylation sites (tertiary alicyclic amines) is 1. The van der Waals surface area contributed by atoms with Crippen LogP contribution in [0.4, 0.5) is 11.4 Å². The van der Waals surface area contributed by atoms with Crippen molar-refractivity contribution >= 4 is 23.2 Å². The molecule has 0 radical (unpaired) electrons. The first-order valence-corrected chi connectivity index (χ1v) is 11.1. The highest BCUT2D eigenvalue weighted by molar-refractivity contribution is 6.01. The van der Waals surface area contributed by atoms with E-state index in [0.29, 0.717) is 43.6 Å². The van der Waals surface area contributed by atoms with E-state index in [1.165, 1.54) is 23.1 Å². The van der Waals surface area contributed by atoms with Crippen molar-refractivity contribution in [3.05, 3.63) is 69.8 Å². The second kappa shape index (κ2) is 9.19. The first-order valence-electron chi connectivity index (χ1n) is 11.1. The average molecular weight is 453 g/mol. The van der Waals surface area contributed by atoms with E-state index in [1.807, 2.05) is 37.3 Å². The predicted molar refractivity (Wildman–Crippen MR) is 123 cm³/mol. The van der Waals surface area contributed by atoms with Crippen molar-refractivity contribution in [3.8, 4) is 0 Å². The number of nitro groups is 1. The lowest BCUT2D eigenvalue weighted by molar-refractivity contribution is -0.384. The molecule has 1 saturated heterocycles. The number of nitrogens with zero attached hydrogens (tertiary/aromatic N) is 3. The van der Waals surface area contributed by atoms with Gasteiger partial charge in [-0.25, -0.2) is 0 Å². The second-order valence-corrected chi connectivity index (χ2v) is 8.95. The lowest BCUT2D eigenvalue weighted by Gasteiger charge is -2.42. The molecular weight excluding hydrogens is 424 g/mol. The van der Waals surface area contributed by atoms with Crippen LogP contribution in [-0.4, -0.2) is 63.5 Å². The van der Waals surface area contributed by atoms with Crippen LogP contribution >= 0.6 is 0 Å². The summed E-state index contributed by atoms with van der Waals surface area (Å²) >= 11 is 0. The molecule has 1 atom stereocenters. The zero-order valence-corrected chi connectivity index (χ0v) is 18.6. The summed E-state index contributed by atoms with van der Waals surface area (Å²) < 4.78 is 0. The van der Waals surface area contributed by atoms with Gasteiger partial charge in [0.25, 0.3) is 11.6 Å². The molecule has 0 spiro atoms. The molecule has 9 nitrogen and oxygen atoms in total. The number of nitro benzene ring substituents is 1. The first-order chi connectivity index (χ1) is 15.8. The molecule has 2 amide bonds. The molecule has 0 bridgehead atoms. The number of fused-ring (bicyclic) bond motifs is 1. The topological polar surface area (TPSA) is 116 Å². The quantitative estimate of drug-likeness (QED) is 0.514. The van der Waals surface area contributed by atoms with Gasteiger partial charge in [-0.15, -0.1) is 0 Å². The Morgan fingerprint density at radius 2 is 1.91 bits per heavy atom. The standard InChI is InChI=1S/C24H28N4O5/c1-17(18-5-3-2-4-6-18)13-22(29)26-11-9-24(31,10-12-26)15-27-16-25-21-14-19(28(32)33)7-8-20(21)23(27)30/h2-8,14,17,25,31H,9-13,15-16H2,1H3/t17-/m1/s1. The Labute approximate surface area is 192 Å². The van der Waals surface area contributed by atoms with Gasteiger partial charge in [0.05, 0.1) is 35.0 Å². The number of amides is 2. The van der Waals surface area contributed by atoms with E-state index in [4.69, 9.17) is 0 Å². The van der Waals surface area contributed by atoms with E-state index < -0.39 is 10.5 Å². The molecule has 2 aliphatic rings. The molecule has 2 heterocycles. The van der Waals surface area contributed by atoms with Gasteiger partial charge in [0, 0.05) is 31.6 Å². The van der Waals surface area contributed by atoms with Crippen molar-refractivity contribution in [2.45, 2.75) is 37.7 Å². The molecule has 2 N–H and O–H groups in total. The van der Waals surface area contributed by atoms with Gasteiger partial charge in [0.2, 0.25) is 5.91 Å². The predicted octanol–water partition coefficient (Wildman–Crippen LogP) is 2.97. The fourth-order valence-corrected chi connectivity index (χ4v) is 4.51. The highest BCUT2D eigenvalue weighted by atomic mass is 16.6. The van der Waals surface area contributed by atoms with E-state index in [2.05, 4.69) is 5.32 Å². The Kier molecular flexibility index (Phi) is 6.33. The van der Waals surface area contributed by atoms with Crippen molar-refractivity contribution in [2.75, 3.05) is 31.6 Å². The van der Waals surface area contributed by atoms with Crippen molar-refractivity contribution in [2.24, 2.45) is 0 Å². The van der Waals surface area contributed by atoms with E-state index >= 15 is 0 Å². The number of carbonyl (C=O) groups is 2. The average Bonchev–Trinajstić information content (AvgIpc) is 2.81. The highest BCUT2D eigenvalue weighted by Gasteiger charge is 2.38. The van der Waals surface area contributed by atoms with Gasteiger partial charge in [-0.2, -0.15) is 0 Å². The van der Waals surface area contributed by atoms with Crippen LogP contribution < -0.4 is 5.32 Å². The number of aliphatic hydroxyl groups is 1. The van der Waals surface area contributed by atoms with Crippen molar-refractivity contribution < 1.29 is 19.6 Å². The van der Waals surface area contributed by atoms with E-state index in [0.717, 1.165) is 5.56 Å². The molecule has 0 unspecified atom stereocenters. The van der Waals surface area contributed by atoms with Crippen LogP contribution in [0.1, 0.15) is 48.0 Å². The molecule has 33 heavy (non-hydrogen) atoms. The maximum Gasteiger partial charge on any atom is 0.271 e. The Balaban J connectivity index is 1.33. The number of benzene rings is 2. The Bertz CT molecular complexity index is 1050. The molecule has 2 aromatic rings. The molecule has 0 aliphatic carbocycles. The van der Waals surface area contributed by atoms with Crippen LogP contribution in [0.25, 0.3) is 0 Å². The number of non-ortho nitro benzene ring substituents is 1. The zero-order chi connectivity index (χ0) is 23.6. The van der Waals surface area contributed by atoms with E-state index in [-0.39, 0.29) is 36.6 Å². The smallest absolute Gasteiger partial charge is 0.271 e. The third kappa shape index (κ3) is 4.98. The molecule has 1 fully saturated rings. The summed E-state index contributed by atoms with van der Waals surface area (Å²) in [6.45, 7) is 3.21. The number of nitrogens with one attached hydrogen (secondary N) is 1. The fraction of sp³-hybridized carbons (Fsp3) is 0.417. The molecular formula is C24H28N4O5. The summed E-state index contributed by atoms with van der Waals surface area (Å²) in [5, 5.41) is 25.1. The zero-order valence-electron chi connectivity index (χ0n) is 18.6. The SMILES string of the molecule is C[C@H](CC(=O)N1CCC(O)(CN2CNc3cc([N+](=O)[O-])ccc3C2=O)CC1)c1ccccc1. The first kappa shape index (κ1) is 22.7. The van der Waals surface area contributed by atoms with Gasteiger partial charge in [0.15, 0.2) is 0 Å². The number of hydrogen-bond donors (Lipinski definition) is 2. The lowest BCUT2D eigenvalue weighted by atomic mass is 9.89. The molecule has 4 rings (SSSR count). The van der Waals surface area contributed by atoms with Crippen LogP contribution in [0.3, 0.4) is 0 Å². The van der Waals surface area contributed by atoms with E-state index in [1.54, 1.807) is 4.90 Å². The van der Waals surface area contributed by atoms with Crippen LogP contribution in [0, 0.1) is 10.1 Å². The number of β-amino-alcohol motifs (C(OH)–C–C–N with tert-alkyl or cyclic N) is 1. The Hall–Kier alpha value is -3.46. The molecule has 2 aliphatic heterocycles. The highest BCUT2D eigenvalue weighted by Crippen LogP contribution is 2.30. The Morgan fingerprint density at radius 1 is 1.21 bits per heavy atom. The minimum atomic E-state index is -1.09. The van der Waals surface area contributed by atoms with Gasteiger partial charge in [-0.3, -0.25) is 19.7 Å². The maximum atomic E-state index is 12.9. The number of piperidine rings is 1. The van der Waals surface area contributed by atoms with Crippen LogP contribution in [0.15, 0.2) is 48.5 Å². The Morgan fingerprint density at radius 3 is 2.58 bits per heavy atom. The number of hydrogen-bond acceptors (Lipinski definition) is 6. The summed E-state index contributed by atoms with van der Waals surface area (Å²) in [5.41, 5.74) is 0.724. The molecule has 0 saturated carbocycles. The van der Waals surface area contributed by atoms with Crippen molar-refractivity contribution in [1.29, 1.82) is 0 Å². The molecule has 0 aromatic heterocycles. The number of rotatable bonds is 6. The minimum Gasteiger partial charge on any atom is -0.388 e. The lowest BCUT2D eigenvalue weighted by Crippen LogP contribution is -2.54. The molecule has 9 heteroatoms. The van der Waals surface area contributed by atoms with Crippen LogP contribution in [-0.2, 0) is 4.79 Å². The van der Waals surface area contributed by atoms with Crippen LogP contribution in [0.5, 0.6) is 0 Å².